The van der Waals surface area contributed by atoms with Crippen molar-refractivity contribution < 1.29 is 37.7 Å². The molecular weight excluding hydrogens is 429 g/mol. The van der Waals surface area contributed by atoms with Crippen LogP contribution in [0.25, 0.3) is 0 Å². The van der Waals surface area contributed by atoms with Gasteiger partial charge in [-0.05, 0) is 30.5 Å². The van der Waals surface area contributed by atoms with E-state index in [0.29, 0.717) is 24.7 Å². The zero-order chi connectivity index (χ0) is 23.6. The molecule has 2 atom stereocenters. The Morgan fingerprint density at radius 3 is 2.28 bits per heavy atom. The molecule has 1 saturated heterocycles. The summed E-state index contributed by atoms with van der Waals surface area (Å²) in [4.78, 5) is 22.9. The standard InChI is InChI=1S/C18H19F3N2O.C4H4O4/c19-18(20,21)15-6-7-17(23-11-15)24-12-14-10-22-9-8-16(14)13-4-2-1-3-5-13;5-3(6)1-2-4(7)8/h1-7,11,14,16,22H,8-10,12H2;1-2H,(H,5,6)(H,7,8)/b;2-1+/t14-,16-;/m1./s1. The number of ether oxygens (including phenoxy) is 1. The summed E-state index contributed by atoms with van der Waals surface area (Å²) in [6.45, 7) is 2.19. The molecule has 10 heteroatoms. The molecule has 0 saturated carbocycles. The molecule has 0 amide bonds. The maximum Gasteiger partial charge on any atom is 0.417 e. The Morgan fingerprint density at radius 2 is 1.75 bits per heavy atom. The van der Waals surface area contributed by atoms with Crippen LogP contribution in [0.5, 0.6) is 5.88 Å². The number of hydrogen-bond acceptors (Lipinski definition) is 5. The monoisotopic (exact) mass is 452 g/mol. The van der Waals surface area contributed by atoms with Crippen LogP contribution >= 0.6 is 0 Å². The van der Waals surface area contributed by atoms with Crippen molar-refractivity contribution in [1.82, 2.24) is 10.3 Å². The first-order valence-corrected chi connectivity index (χ1v) is 9.72. The van der Waals surface area contributed by atoms with E-state index in [1.165, 1.54) is 11.6 Å². The third-order valence-electron chi connectivity index (χ3n) is 4.71. The second kappa shape index (κ2) is 11.8. The van der Waals surface area contributed by atoms with Crippen molar-refractivity contribution in [2.24, 2.45) is 5.92 Å². The molecule has 1 aliphatic rings. The Kier molecular flexibility index (Phi) is 9.21. The first kappa shape index (κ1) is 24.9. The van der Waals surface area contributed by atoms with Crippen molar-refractivity contribution in [1.29, 1.82) is 0 Å². The highest BCUT2D eigenvalue weighted by molar-refractivity contribution is 5.89. The molecular formula is C22H23F3N2O5. The number of carboxylic acid groups (broad SMARTS) is 2. The summed E-state index contributed by atoms with van der Waals surface area (Å²) < 4.78 is 43.3. The number of benzene rings is 1. The predicted octanol–water partition coefficient (Wildman–Crippen LogP) is 3.58. The zero-order valence-electron chi connectivity index (χ0n) is 17.0. The van der Waals surface area contributed by atoms with E-state index in [-0.39, 0.29) is 11.8 Å². The van der Waals surface area contributed by atoms with Gasteiger partial charge >= 0.3 is 18.1 Å². The number of alkyl halides is 3. The summed E-state index contributed by atoms with van der Waals surface area (Å²) in [6.07, 6.45) is -1.44. The van der Waals surface area contributed by atoms with Crippen LogP contribution in [-0.2, 0) is 15.8 Å². The lowest BCUT2D eigenvalue weighted by Crippen LogP contribution is -2.38. The van der Waals surface area contributed by atoms with Gasteiger partial charge in [-0.15, -0.1) is 0 Å². The lowest BCUT2D eigenvalue weighted by atomic mass is 9.81. The van der Waals surface area contributed by atoms with E-state index >= 15 is 0 Å². The van der Waals surface area contributed by atoms with Crippen molar-refractivity contribution in [3.05, 3.63) is 71.9 Å². The normalized spacial score (nSPS) is 18.5. The van der Waals surface area contributed by atoms with Gasteiger partial charge < -0.3 is 20.3 Å². The molecule has 32 heavy (non-hydrogen) atoms. The molecule has 1 aromatic carbocycles. The highest BCUT2D eigenvalue weighted by atomic mass is 19.4. The first-order chi connectivity index (χ1) is 15.2. The third kappa shape index (κ3) is 8.38. The largest absolute Gasteiger partial charge is 0.478 e. The molecule has 2 heterocycles. The van der Waals surface area contributed by atoms with Gasteiger partial charge in [0.15, 0.2) is 0 Å². The van der Waals surface area contributed by atoms with Crippen molar-refractivity contribution >= 4 is 11.9 Å². The number of aromatic nitrogens is 1. The Bertz CT molecular complexity index is 886. The molecule has 3 rings (SSSR count). The molecule has 172 valence electrons. The van der Waals surface area contributed by atoms with E-state index in [9.17, 15) is 22.8 Å². The van der Waals surface area contributed by atoms with E-state index < -0.39 is 23.7 Å². The van der Waals surface area contributed by atoms with Crippen molar-refractivity contribution in [3.8, 4) is 5.88 Å². The number of nitrogens with zero attached hydrogens (tertiary/aromatic N) is 1. The maximum absolute atomic E-state index is 12.5. The van der Waals surface area contributed by atoms with Gasteiger partial charge in [0.05, 0.1) is 12.2 Å². The smallest absolute Gasteiger partial charge is 0.417 e. The van der Waals surface area contributed by atoms with Crippen LogP contribution < -0.4 is 10.1 Å². The van der Waals surface area contributed by atoms with E-state index in [1.54, 1.807) is 0 Å². The molecule has 3 N–H and O–H groups in total. The fourth-order valence-electron chi connectivity index (χ4n) is 3.21. The minimum atomic E-state index is -4.38. The number of hydrogen-bond donors (Lipinski definition) is 3. The minimum absolute atomic E-state index is 0.223. The highest BCUT2D eigenvalue weighted by Gasteiger charge is 2.31. The zero-order valence-corrected chi connectivity index (χ0v) is 17.0. The quantitative estimate of drug-likeness (QED) is 0.575. The molecule has 1 aromatic heterocycles. The fourth-order valence-corrected chi connectivity index (χ4v) is 3.21. The van der Waals surface area contributed by atoms with Gasteiger partial charge in [0.1, 0.15) is 0 Å². The molecule has 0 bridgehead atoms. The highest BCUT2D eigenvalue weighted by Crippen LogP contribution is 2.31. The van der Waals surface area contributed by atoms with Crippen LogP contribution in [0.3, 0.4) is 0 Å². The van der Waals surface area contributed by atoms with Gasteiger partial charge in [-0.1, -0.05) is 30.3 Å². The Morgan fingerprint density at radius 1 is 1.09 bits per heavy atom. The molecule has 0 aliphatic carbocycles. The van der Waals surface area contributed by atoms with Crippen LogP contribution in [0.2, 0.25) is 0 Å². The second-order valence-electron chi connectivity index (χ2n) is 6.97. The van der Waals surface area contributed by atoms with Crippen LogP contribution in [0.15, 0.2) is 60.8 Å². The van der Waals surface area contributed by atoms with E-state index in [2.05, 4.69) is 22.4 Å². The predicted molar refractivity (Wildman–Crippen MR) is 109 cm³/mol. The topological polar surface area (TPSA) is 109 Å². The molecule has 7 nitrogen and oxygen atoms in total. The van der Waals surface area contributed by atoms with Gasteiger partial charge in [0.2, 0.25) is 5.88 Å². The number of carbonyl (C=O) groups is 2. The average molecular weight is 452 g/mol. The maximum atomic E-state index is 12.5. The van der Waals surface area contributed by atoms with Crippen molar-refractivity contribution in [2.45, 2.75) is 18.5 Å². The Balaban J connectivity index is 0.000000390. The average Bonchev–Trinajstić information content (AvgIpc) is 2.77. The summed E-state index contributed by atoms with van der Waals surface area (Å²) >= 11 is 0. The second-order valence-corrected chi connectivity index (χ2v) is 6.97. The third-order valence-corrected chi connectivity index (χ3v) is 4.71. The number of carboxylic acids is 2. The van der Waals surface area contributed by atoms with E-state index in [4.69, 9.17) is 14.9 Å². The minimum Gasteiger partial charge on any atom is -0.478 e. The van der Waals surface area contributed by atoms with Gasteiger partial charge in [0, 0.05) is 36.9 Å². The van der Waals surface area contributed by atoms with Crippen molar-refractivity contribution in [3.63, 3.8) is 0 Å². The Labute approximate surface area is 182 Å². The number of nitrogens with one attached hydrogen (secondary N) is 1. The van der Waals surface area contributed by atoms with Gasteiger partial charge in [-0.2, -0.15) is 13.2 Å². The fraction of sp³-hybridized carbons (Fsp3) is 0.318. The number of halogens is 3. The summed E-state index contributed by atoms with van der Waals surface area (Å²) in [5, 5.41) is 19.0. The summed E-state index contributed by atoms with van der Waals surface area (Å²) in [5.74, 6) is -1.66. The van der Waals surface area contributed by atoms with Gasteiger partial charge in [-0.25, -0.2) is 14.6 Å². The van der Waals surface area contributed by atoms with Crippen LogP contribution in [0.4, 0.5) is 13.2 Å². The molecule has 0 spiro atoms. The number of aliphatic carboxylic acids is 2. The molecule has 1 aliphatic heterocycles. The Hall–Kier alpha value is -3.40. The molecule has 0 unspecified atom stereocenters. The summed E-state index contributed by atoms with van der Waals surface area (Å²) in [7, 11) is 0. The number of pyridine rings is 1. The van der Waals surface area contributed by atoms with Crippen molar-refractivity contribution in [2.75, 3.05) is 19.7 Å². The summed E-state index contributed by atoms with van der Waals surface area (Å²) in [6, 6.07) is 12.5. The first-order valence-electron chi connectivity index (χ1n) is 9.72. The van der Waals surface area contributed by atoms with Gasteiger partial charge in [-0.3, -0.25) is 0 Å². The molecule has 1 fully saturated rings. The molecule has 2 aromatic rings. The number of piperidine rings is 1. The number of rotatable bonds is 6. The summed E-state index contributed by atoms with van der Waals surface area (Å²) in [5.41, 5.74) is 0.504. The lowest BCUT2D eigenvalue weighted by molar-refractivity contribution is -0.138. The lowest BCUT2D eigenvalue weighted by Gasteiger charge is -2.32. The van der Waals surface area contributed by atoms with Crippen LogP contribution in [0, 0.1) is 5.92 Å². The van der Waals surface area contributed by atoms with E-state index in [0.717, 1.165) is 31.8 Å². The van der Waals surface area contributed by atoms with Crippen LogP contribution in [0.1, 0.15) is 23.5 Å². The van der Waals surface area contributed by atoms with Gasteiger partial charge in [0.25, 0.3) is 0 Å². The SMILES string of the molecule is FC(F)(F)c1ccc(OC[C@H]2CNCC[C@@H]2c2ccccc2)nc1.O=C(O)/C=C/C(=O)O. The van der Waals surface area contributed by atoms with Crippen LogP contribution in [-0.4, -0.2) is 46.8 Å². The molecule has 0 radical (unpaired) electrons. The van der Waals surface area contributed by atoms with E-state index in [1.807, 2.05) is 18.2 Å².